The molecule has 5 heteroatoms. The molecule has 1 aromatic carbocycles. The predicted molar refractivity (Wildman–Crippen MR) is 88.5 cm³/mol. The zero-order chi connectivity index (χ0) is 16.4. The molecule has 22 heavy (non-hydrogen) atoms. The maximum atomic E-state index is 12.0. The summed E-state index contributed by atoms with van der Waals surface area (Å²) in [4.78, 5) is 23.8. The van der Waals surface area contributed by atoms with Crippen LogP contribution in [0.2, 0.25) is 0 Å². The summed E-state index contributed by atoms with van der Waals surface area (Å²) in [5.74, 6) is -0.123. The first-order chi connectivity index (χ1) is 10.6. The maximum Gasteiger partial charge on any atom is 0.251 e. The minimum absolute atomic E-state index is 0.0110. The summed E-state index contributed by atoms with van der Waals surface area (Å²) in [6.07, 6.45) is 2.63. The van der Waals surface area contributed by atoms with Crippen LogP contribution in [0.5, 0.6) is 0 Å². The van der Waals surface area contributed by atoms with Gasteiger partial charge >= 0.3 is 0 Å². The minimum atomic E-state index is -0.301. The van der Waals surface area contributed by atoms with E-state index in [1.165, 1.54) is 0 Å². The lowest BCUT2D eigenvalue weighted by molar-refractivity contribution is -0.123. The standard InChI is InChI=1S/C17H27N3O2/c1-3-17(4-2,13-18)20-15(21)11-8-12-19-16(22)14-9-6-5-7-10-14/h5-7,9-10H,3-4,8,11-13,18H2,1-2H3,(H,19,22)(H,20,21). The van der Waals surface area contributed by atoms with Crippen molar-refractivity contribution in [2.24, 2.45) is 5.73 Å². The summed E-state index contributed by atoms with van der Waals surface area (Å²) in [5, 5.41) is 5.84. The SMILES string of the molecule is CCC(CC)(CN)NC(=O)CCCNC(=O)c1ccccc1. The van der Waals surface area contributed by atoms with Gasteiger partial charge in [-0.15, -0.1) is 0 Å². The van der Waals surface area contributed by atoms with Gasteiger partial charge in [-0.2, -0.15) is 0 Å². The van der Waals surface area contributed by atoms with Crippen molar-refractivity contribution in [3.8, 4) is 0 Å². The molecule has 0 heterocycles. The highest BCUT2D eigenvalue weighted by Gasteiger charge is 2.25. The van der Waals surface area contributed by atoms with Gasteiger partial charge in [0.25, 0.3) is 5.91 Å². The Labute approximate surface area is 132 Å². The summed E-state index contributed by atoms with van der Waals surface area (Å²) >= 11 is 0. The fourth-order valence-corrected chi connectivity index (χ4v) is 2.27. The van der Waals surface area contributed by atoms with Gasteiger partial charge < -0.3 is 16.4 Å². The highest BCUT2D eigenvalue weighted by molar-refractivity contribution is 5.94. The van der Waals surface area contributed by atoms with E-state index in [1.54, 1.807) is 12.1 Å². The van der Waals surface area contributed by atoms with Crippen LogP contribution in [0, 0.1) is 0 Å². The molecule has 1 rings (SSSR count). The number of amides is 2. The highest BCUT2D eigenvalue weighted by Crippen LogP contribution is 2.13. The van der Waals surface area contributed by atoms with E-state index in [0.717, 1.165) is 12.8 Å². The van der Waals surface area contributed by atoms with Crippen molar-refractivity contribution in [3.05, 3.63) is 35.9 Å². The van der Waals surface area contributed by atoms with E-state index in [4.69, 9.17) is 5.73 Å². The van der Waals surface area contributed by atoms with Crippen molar-refractivity contribution in [1.82, 2.24) is 10.6 Å². The molecule has 0 aliphatic rings. The lowest BCUT2D eigenvalue weighted by Crippen LogP contribution is -2.52. The molecule has 0 saturated heterocycles. The van der Waals surface area contributed by atoms with Crippen LogP contribution in [-0.2, 0) is 4.79 Å². The third-order valence-corrected chi connectivity index (χ3v) is 4.05. The van der Waals surface area contributed by atoms with Gasteiger partial charge in [-0.25, -0.2) is 0 Å². The van der Waals surface area contributed by atoms with Gasteiger partial charge in [0.05, 0.1) is 5.54 Å². The quantitative estimate of drug-likeness (QED) is 0.609. The summed E-state index contributed by atoms with van der Waals surface area (Å²) in [5.41, 5.74) is 6.09. The molecule has 0 atom stereocenters. The van der Waals surface area contributed by atoms with Gasteiger partial charge in [0.1, 0.15) is 0 Å². The number of carbonyl (C=O) groups is 2. The molecule has 4 N–H and O–H groups in total. The number of nitrogens with one attached hydrogen (secondary N) is 2. The van der Waals surface area contributed by atoms with E-state index in [2.05, 4.69) is 10.6 Å². The molecule has 0 aliphatic heterocycles. The summed E-state index contributed by atoms with van der Waals surface area (Å²) < 4.78 is 0. The zero-order valence-corrected chi connectivity index (χ0v) is 13.5. The number of hydrogen-bond acceptors (Lipinski definition) is 3. The molecule has 0 spiro atoms. The monoisotopic (exact) mass is 305 g/mol. The van der Waals surface area contributed by atoms with E-state index in [0.29, 0.717) is 31.5 Å². The third kappa shape index (κ3) is 5.48. The van der Waals surface area contributed by atoms with E-state index in [-0.39, 0.29) is 17.4 Å². The van der Waals surface area contributed by atoms with Gasteiger partial charge in [-0.05, 0) is 31.4 Å². The first-order valence-electron chi connectivity index (χ1n) is 7.91. The molecule has 0 bridgehead atoms. The summed E-state index contributed by atoms with van der Waals surface area (Å²) in [7, 11) is 0. The van der Waals surface area contributed by atoms with Gasteiger partial charge in [0.2, 0.25) is 5.91 Å². The van der Waals surface area contributed by atoms with Crippen molar-refractivity contribution in [1.29, 1.82) is 0 Å². The zero-order valence-electron chi connectivity index (χ0n) is 13.5. The number of benzene rings is 1. The van der Waals surface area contributed by atoms with Gasteiger partial charge in [0.15, 0.2) is 0 Å². The van der Waals surface area contributed by atoms with Crippen LogP contribution in [0.1, 0.15) is 49.9 Å². The van der Waals surface area contributed by atoms with Crippen LogP contribution < -0.4 is 16.4 Å². The second-order valence-electron chi connectivity index (χ2n) is 5.47. The van der Waals surface area contributed by atoms with E-state index >= 15 is 0 Å². The first kappa shape index (κ1) is 18.2. The molecule has 0 unspecified atom stereocenters. The van der Waals surface area contributed by atoms with Crippen LogP contribution in [0.25, 0.3) is 0 Å². The molecule has 0 aliphatic carbocycles. The van der Waals surface area contributed by atoms with Gasteiger partial charge in [-0.3, -0.25) is 9.59 Å². The summed E-state index contributed by atoms with van der Waals surface area (Å²) in [6.45, 7) is 4.97. The Morgan fingerprint density at radius 2 is 1.77 bits per heavy atom. The Balaban J connectivity index is 2.29. The van der Waals surface area contributed by atoms with Crippen LogP contribution in [0.15, 0.2) is 30.3 Å². The molecule has 1 aromatic rings. The number of nitrogens with two attached hydrogens (primary N) is 1. The number of hydrogen-bond donors (Lipinski definition) is 3. The number of rotatable bonds is 9. The lowest BCUT2D eigenvalue weighted by atomic mass is 9.92. The molecule has 0 saturated carbocycles. The lowest BCUT2D eigenvalue weighted by Gasteiger charge is -2.31. The average Bonchev–Trinajstić information content (AvgIpc) is 2.57. The Morgan fingerprint density at radius 1 is 1.14 bits per heavy atom. The van der Waals surface area contributed by atoms with Crippen molar-refractivity contribution in [3.63, 3.8) is 0 Å². The fraction of sp³-hybridized carbons (Fsp3) is 0.529. The maximum absolute atomic E-state index is 12.0. The van der Waals surface area contributed by atoms with Crippen LogP contribution in [-0.4, -0.2) is 30.4 Å². The van der Waals surface area contributed by atoms with E-state index in [1.807, 2.05) is 32.0 Å². The Bertz CT molecular complexity index is 462. The normalized spacial score (nSPS) is 11.0. The molecule has 5 nitrogen and oxygen atoms in total. The third-order valence-electron chi connectivity index (χ3n) is 4.05. The summed E-state index contributed by atoms with van der Waals surface area (Å²) in [6, 6.07) is 9.04. The molecular formula is C17H27N3O2. The first-order valence-corrected chi connectivity index (χ1v) is 7.91. The van der Waals surface area contributed by atoms with E-state index < -0.39 is 0 Å². The Morgan fingerprint density at radius 3 is 2.32 bits per heavy atom. The largest absolute Gasteiger partial charge is 0.352 e. The van der Waals surface area contributed by atoms with E-state index in [9.17, 15) is 9.59 Å². The molecule has 0 aromatic heterocycles. The topological polar surface area (TPSA) is 84.2 Å². The molecule has 0 fully saturated rings. The molecular weight excluding hydrogens is 278 g/mol. The Kier molecular flexibility index (Phi) is 7.60. The minimum Gasteiger partial charge on any atom is -0.352 e. The van der Waals surface area contributed by atoms with Crippen LogP contribution in [0.3, 0.4) is 0 Å². The second kappa shape index (κ2) is 9.20. The highest BCUT2D eigenvalue weighted by atomic mass is 16.2. The van der Waals surface area contributed by atoms with Crippen molar-refractivity contribution in [2.75, 3.05) is 13.1 Å². The second-order valence-corrected chi connectivity index (χ2v) is 5.47. The van der Waals surface area contributed by atoms with Crippen LogP contribution >= 0.6 is 0 Å². The smallest absolute Gasteiger partial charge is 0.251 e. The van der Waals surface area contributed by atoms with Crippen molar-refractivity contribution in [2.45, 2.75) is 45.1 Å². The average molecular weight is 305 g/mol. The number of carbonyl (C=O) groups excluding carboxylic acids is 2. The van der Waals surface area contributed by atoms with Crippen molar-refractivity contribution < 1.29 is 9.59 Å². The van der Waals surface area contributed by atoms with Gasteiger partial charge in [0, 0.05) is 25.1 Å². The predicted octanol–water partition coefficient (Wildman–Crippen LogP) is 1.83. The molecule has 2 amide bonds. The van der Waals surface area contributed by atoms with Gasteiger partial charge in [-0.1, -0.05) is 32.0 Å². The van der Waals surface area contributed by atoms with Crippen molar-refractivity contribution >= 4 is 11.8 Å². The van der Waals surface area contributed by atoms with Crippen LogP contribution in [0.4, 0.5) is 0 Å². The molecule has 122 valence electrons. The fourth-order valence-electron chi connectivity index (χ4n) is 2.27. The molecule has 0 radical (unpaired) electrons. The Hall–Kier alpha value is -1.88.